The maximum Gasteiger partial charge on any atom is 0.325 e. The fraction of sp³-hybridized carbons (Fsp3) is 0.667. The zero-order valence-corrected chi connectivity index (χ0v) is 40.8. The number of aromatic hydroxyl groups is 1. The van der Waals surface area contributed by atoms with E-state index < -0.39 is 108 Å². The van der Waals surface area contributed by atoms with Crippen molar-refractivity contribution in [1.82, 2.24) is 37.2 Å². The highest BCUT2D eigenvalue weighted by atomic mass is 16.4. The van der Waals surface area contributed by atoms with Crippen molar-refractivity contribution in [2.75, 3.05) is 19.6 Å². The molecule has 0 saturated carbocycles. The number of phenols is 1. The molecular formula is C45H79N13O11. The molecule has 0 aromatic heterocycles. The molecule has 0 bridgehead atoms. The number of hydrogen-bond acceptors (Lipinski definition) is 14. The normalized spacial score (nSPS) is 15.1. The number of nitrogens with one attached hydrogen (secondary N) is 7. The molecular weight excluding hydrogens is 899 g/mol. The van der Waals surface area contributed by atoms with Crippen molar-refractivity contribution in [3.05, 3.63) is 29.8 Å². The first kappa shape index (κ1) is 60.9. The Balaban J connectivity index is 3.58. The minimum Gasteiger partial charge on any atom is -0.508 e. The first-order valence-electron chi connectivity index (χ1n) is 23.4. The summed E-state index contributed by atoms with van der Waals surface area (Å²) in [5, 5.41) is 48.1. The molecule has 0 radical (unpaired) electrons. The van der Waals surface area contributed by atoms with Gasteiger partial charge in [0.25, 0.3) is 0 Å². The largest absolute Gasteiger partial charge is 0.508 e. The Labute approximate surface area is 404 Å². The molecule has 0 aliphatic carbocycles. The SMILES string of the molecule is CC(C)C[C@H](N)C(=O)N[C@H](C(=O)N[C@@H](CCCN=C(N)N)C(=O)N[C@@H](Cc1ccc(O)cc1)C(=O)N[C@H](C(=O)N[C@@H](CCCCN)C(=O)N[C@@H](CCCCN)C(=O)N[C@@H](C)C(=O)O)[C@@H](C)O)C(C)C. The minimum atomic E-state index is -1.73. The van der Waals surface area contributed by atoms with Gasteiger partial charge in [-0.15, -0.1) is 0 Å². The number of rotatable bonds is 33. The monoisotopic (exact) mass is 978 g/mol. The van der Waals surface area contributed by atoms with Crippen LogP contribution in [0, 0.1) is 11.8 Å². The summed E-state index contributed by atoms with van der Waals surface area (Å²) in [6.45, 7) is 10.3. The van der Waals surface area contributed by atoms with E-state index in [4.69, 9.17) is 28.7 Å². The predicted octanol–water partition coefficient (Wildman–Crippen LogP) is -2.85. The smallest absolute Gasteiger partial charge is 0.325 e. The lowest BCUT2D eigenvalue weighted by atomic mass is 9.99. The number of nitrogens with two attached hydrogens (primary N) is 5. The molecule has 24 nitrogen and oxygen atoms in total. The number of aliphatic carboxylic acids is 1. The lowest BCUT2D eigenvalue weighted by Gasteiger charge is -2.29. The molecule has 69 heavy (non-hydrogen) atoms. The topological polar surface area (TPSA) is 424 Å². The van der Waals surface area contributed by atoms with Gasteiger partial charge in [0, 0.05) is 13.0 Å². The molecule has 1 rings (SSSR count). The number of benzene rings is 1. The van der Waals surface area contributed by atoms with Crippen LogP contribution in [0.15, 0.2) is 29.3 Å². The second-order valence-electron chi connectivity index (χ2n) is 17.9. The van der Waals surface area contributed by atoms with Gasteiger partial charge in [-0.25, -0.2) is 0 Å². The van der Waals surface area contributed by atoms with E-state index in [2.05, 4.69) is 42.2 Å². The summed E-state index contributed by atoms with van der Waals surface area (Å²) in [5.41, 5.74) is 28.8. The van der Waals surface area contributed by atoms with E-state index >= 15 is 0 Å². The van der Waals surface area contributed by atoms with Crippen LogP contribution in [-0.4, -0.2) is 143 Å². The van der Waals surface area contributed by atoms with Crippen LogP contribution in [0.3, 0.4) is 0 Å². The number of unbranched alkanes of at least 4 members (excludes halogenated alkanes) is 2. The number of hydrogen-bond donors (Lipinski definition) is 15. The van der Waals surface area contributed by atoms with Crippen LogP contribution in [0.25, 0.3) is 0 Å². The Bertz CT molecular complexity index is 1850. The van der Waals surface area contributed by atoms with Crippen molar-refractivity contribution < 1.29 is 53.7 Å². The Hall–Kier alpha value is -6.11. The van der Waals surface area contributed by atoms with Gasteiger partial charge < -0.3 is 81.2 Å². The van der Waals surface area contributed by atoms with E-state index in [0.717, 1.165) is 0 Å². The van der Waals surface area contributed by atoms with E-state index in [1.54, 1.807) is 13.8 Å². The number of amides is 7. The maximum atomic E-state index is 14.3. The summed E-state index contributed by atoms with van der Waals surface area (Å²) in [4.78, 5) is 112. The number of aliphatic hydroxyl groups is 1. The van der Waals surface area contributed by atoms with Crippen LogP contribution in [0.5, 0.6) is 5.75 Å². The molecule has 0 fully saturated rings. The van der Waals surface area contributed by atoms with E-state index in [1.807, 2.05) is 13.8 Å². The number of guanidine groups is 1. The highest BCUT2D eigenvalue weighted by Crippen LogP contribution is 2.14. The summed E-state index contributed by atoms with van der Waals surface area (Å²) in [7, 11) is 0. The van der Waals surface area contributed by atoms with Gasteiger partial charge in [0.1, 0.15) is 48.0 Å². The molecule has 1 aromatic carbocycles. The number of carbonyl (C=O) groups is 8. The van der Waals surface area contributed by atoms with Gasteiger partial charge in [-0.2, -0.15) is 0 Å². The van der Waals surface area contributed by atoms with Crippen LogP contribution in [0.4, 0.5) is 0 Å². The van der Waals surface area contributed by atoms with Gasteiger partial charge in [0.15, 0.2) is 5.96 Å². The van der Waals surface area contributed by atoms with E-state index in [9.17, 15) is 53.7 Å². The van der Waals surface area contributed by atoms with Crippen LogP contribution in [0.1, 0.15) is 105 Å². The molecule has 24 heteroatoms. The quantitative estimate of drug-likeness (QED) is 0.0192. The highest BCUT2D eigenvalue weighted by Gasteiger charge is 2.36. The van der Waals surface area contributed by atoms with Gasteiger partial charge in [-0.05, 0) is 114 Å². The van der Waals surface area contributed by atoms with Crippen LogP contribution in [0.2, 0.25) is 0 Å². The third kappa shape index (κ3) is 23.6. The van der Waals surface area contributed by atoms with E-state index in [0.29, 0.717) is 44.2 Å². The average molecular weight is 978 g/mol. The Morgan fingerprint density at radius 1 is 0.580 bits per heavy atom. The van der Waals surface area contributed by atoms with Crippen LogP contribution < -0.4 is 65.9 Å². The predicted molar refractivity (Wildman–Crippen MR) is 258 cm³/mol. The third-order valence-corrected chi connectivity index (χ3v) is 10.8. The number of nitrogens with zero attached hydrogens (tertiary/aromatic N) is 1. The summed E-state index contributed by atoms with van der Waals surface area (Å²) >= 11 is 0. The van der Waals surface area contributed by atoms with Crippen molar-refractivity contribution in [2.45, 2.75) is 160 Å². The molecule has 0 aliphatic rings. The molecule has 20 N–H and O–H groups in total. The fourth-order valence-electron chi connectivity index (χ4n) is 6.89. The summed E-state index contributed by atoms with van der Waals surface area (Å²) in [6, 6.07) is -4.70. The second kappa shape index (κ2) is 31.8. The first-order valence-corrected chi connectivity index (χ1v) is 23.4. The Kier molecular flexibility index (Phi) is 28.1. The van der Waals surface area contributed by atoms with Crippen molar-refractivity contribution in [3.63, 3.8) is 0 Å². The van der Waals surface area contributed by atoms with Crippen molar-refractivity contribution >= 4 is 53.3 Å². The Morgan fingerprint density at radius 2 is 1.01 bits per heavy atom. The molecule has 1 aromatic rings. The maximum absolute atomic E-state index is 14.3. The summed E-state index contributed by atoms with van der Waals surface area (Å²) < 4.78 is 0. The van der Waals surface area contributed by atoms with Gasteiger partial charge in [0.2, 0.25) is 41.4 Å². The molecule has 390 valence electrons. The van der Waals surface area contributed by atoms with Gasteiger partial charge in [0.05, 0.1) is 12.1 Å². The van der Waals surface area contributed by atoms with Crippen LogP contribution >= 0.6 is 0 Å². The summed E-state index contributed by atoms with van der Waals surface area (Å²) in [6.07, 6.45) is 0.450. The van der Waals surface area contributed by atoms with Crippen molar-refractivity contribution in [1.29, 1.82) is 0 Å². The highest BCUT2D eigenvalue weighted by molar-refractivity contribution is 5.98. The average Bonchev–Trinajstić information content (AvgIpc) is 3.27. The number of carboxylic acid groups (broad SMARTS) is 1. The lowest BCUT2D eigenvalue weighted by molar-refractivity contribution is -0.142. The lowest BCUT2D eigenvalue weighted by Crippen LogP contribution is -2.62. The van der Waals surface area contributed by atoms with Gasteiger partial charge in [-0.3, -0.25) is 43.3 Å². The zero-order valence-electron chi connectivity index (χ0n) is 40.8. The number of carbonyl (C=O) groups excluding carboxylic acids is 7. The number of aliphatic imine (C=N–C) groups is 1. The molecule has 9 atom stereocenters. The standard InChI is InChI=1S/C45H79N13O11/c1-24(2)22-30(48)37(61)57-35(25(3)4)42(66)54-33(14-11-21-51-45(49)50)40(64)56-34(23-28-15-17-29(60)18-16-28)41(65)58-36(27(6)59)43(67)55-32(13-8-10-20-47)39(63)53-31(12-7-9-19-46)38(62)52-26(5)44(68)69/h15-18,24-27,30-36,59-60H,7-14,19-23,46-48H2,1-6H3,(H,52,62)(H,53,63)(H,54,66)(H,55,67)(H,56,64)(H,57,61)(H,58,65)(H,68,69)(H4,49,50,51)/t26-,27+,30-,31-,32-,33-,34-,35-,36-/m0/s1. The summed E-state index contributed by atoms with van der Waals surface area (Å²) in [5.74, 6) is -7.65. The number of carboxylic acids is 1. The molecule has 0 saturated heterocycles. The number of aliphatic hydroxyl groups excluding tert-OH is 1. The molecule has 0 unspecified atom stereocenters. The van der Waals surface area contributed by atoms with E-state index in [-0.39, 0.29) is 62.8 Å². The van der Waals surface area contributed by atoms with Crippen molar-refractivity contribution in [2.24, 2.45) is 45.5 Å². The Morgan fingerprint density at radius 3 is 1.46 bits per heavy atom. The number of phenolic OH excluding ortho intramolecular Hbond substituents is 1. The van der Waals surface area contributed by atoms with Gasteiger partial charge in [-0.1, -0.05) is 39.8 Å². The van der Waals surface area contributed by atoms with E-state index in [1.165, 1.54) is 38.1 Å². The van der Waals surface area contributed by atoms with Crippen LogP contribution in [-0.2, 0) is 44.8 Å². The first-order chi connectivity index (χ1) is 32.4. The third-order valence-electron chi connectivity index (χ3n) is 10.8. The van der Waals surface area contributed by atoms with Gasteiger partial charge >= 0.3 is 5.97 Å². The molecule has 0 spiro atoms. The second-order valence-corrected chi connectivity index (χ2v) is 17.9. The fourth-order valence-corrected chi connectivity index (χ4v) is 6.89. The molecule has 0 aliphatic heterocycles. The molecule has 7 amide bonds. The minimum absolute atomic E-state index is 0.0137. The van der Waals surface area contributed by atoms with Crippen molar-refractivity contribution in [3.8, 4) is 5.75 Å². The zero-order chi connectivity index (χ0) is 52.4. The molecule has 0 heterocycles.